The van der Waals surface area contributed by atoms with Crippen LogP contribution < -0.4 is 10.5 Å². The third-order valence-electron chi connectivity index (χ3n) is 2.83. The number of nitrogen functional groups attached to an aromatic ring is 1. The van der Waals surface area contributed by atoms with Crippen molar-refractivity contribution in [3.63, 3.8) is 0 Å². The molecule has 0 radical (unpaired) electrons. The van der Waals surface area contributed by atoms with Crippen LogP contribution in [0.4, 0.5) is 5.82 Å². The lowest BCUT2D eigenvalue weighted by molar-refractivity contribution is 0.574. The fourth-order valence-corrected chi connectivity index (χ4v) is 3.68. The van der Waals surface area contributed by atoms with Crippen molar-refractivity contribution < 1.29 is 8.42 Å². The third-order valence-corrected chi connectivity index (χ3v) is 5.03. The predicted molar refractivity (Wildman–Crippen MR) is 82.4 cm³/mol. The monoisotopic (exact) mass is 314 g/mol. The molecule has 0 aliphatic heterocycles. The standard InChI is InChI=1S/C12H18N4O2S2/c1-19-9-5-3-7-14-20(17,18)12-11(13)15-10-6-2-4-8-16(10)12/h2,4,6,8,14H,3,5,7,9,13H2,1H3. The maximum Gasteiger partial charge on any atom is 0.260 e. The zero-order chi connectivity index (χ0) is 14.6. The Balaban J connectivity index is 2.17. The van der Waals surface area contributed by atoms with Crippen molar-refractivity contribution >= 4 is 33.3 Å². The Morgan fingerprint density at radius 3 is 2.95 bits per heavy atom. The van der Waals surface area contributed by atoms with E-state index in [9.17, 15) is 8.42 Å². The van der Waals surface area contributed by atoms with E-state index in [0.29, 0.717) is 12.2 Å². The van der Waals surface area contributed by atoms with E-state index in [1.807, 2.05) is 6.26 Å². The van der Waals surface area contributed by atoms with Gasteiger partial charge in [0.15, 0.2) is 10.8 Å². The third kappa shape index (κ3) is 3.25. The molecule has 0 spiro atoms. The van der Waals surface area contributed by atoms with Crippen LogP contribution in [-0.2, 0) is 10.0 Å². The Morgan fingerprint density at radius 2 is 2.20 bits per heavy atom. The van der Waals surface area contributed by atoms with Gasteiger partial charge in [-0.1, -0.05) is 6.07 Å². The molecule has 2 aromatic heterocycles. The van der Waals surface area contributed by atoms with E-state index < -0.39 is 10.0 Å². The minimum absolute atomic E-state index is 0.0120. The van der Waals surface area contributed by atoms with E-state index in [1.54, 1.807) is 36.2 Å². The minimum Gasteiger partial charge on any atom is -0.381 e. The molecule has 8 heteroatoms. The van der Waals surface area contributed by atoms with Gasteiger partial charge in [-0.2, -0.15) is 11.8 Å². The normalized spacial score (nSPS) is 12.1. The summed E-state index contributed by atoms with van der Waals surface area (Å²) in [6.45, 7) is 0.405. The molecule has 0 aliphatic carbocycles. The fourth-order valence-electron chi connectivity index (χ4n) is 1.90. The first kappa shape index (κ1) is 15.1. The van der Waals surface area contributed by atoms with E-state index in [4.69, 9.17) is 5.73 Å². The van der Waals surface area contributed by atoms with Gasteiger partial charge < -0.3 is 5.73 Å². The van der Waals surface area contributed by atoms with Crippen molar-refractivity contribution in [2.24, 2.45) is 0 Å². The molecule has 0 aromatic carbocycles. The van der Waals surface area contributed by atoms with Crippen LogP contribution in [0.1, 0.15) is 12.8 Å². The molecule has 0 amide bonds. The predicted octanol–water partition coefficient (Wildman–Crippen LogP) is 1.34. The van der Waals surface area contributed by atoms with Gasteiger partial charge in [0.05, 0.1) is 0 Å². The number of aromatic nitrogens is 2. The molecule has 2 rings (SSSR count). The van der Waals surface area contributed by atoms with E-state index in [0.717, 1.165) is 18.6 Å². The van der Waals surface area contributed by atoms with Crippen molar-refractivity contribution in [2.75, 3.05) is 24.3 Å². The number of hydrogen-bond acceptors (Lipinski definition) is 5. The number of imidazole rings is 1. The van der Waals surface area contributed by atoms with Crippen LogP contribution in [0.3, 0.4) is 0 Å². The SMILES string of the molecule is CSCCCCNS(=O)(=O)c1c(N)nc2ccccn12. The van der Waals surface area contributed by atoms with Gasteiger partial charge in [0.1, 0.15) is 5.65 Å². The van der Waals surface area contributed by atoms with Gasteiger partial charge in [0, 0.05) is 12.7 Å². The first-order valence-corrected chi connectivity index (χ1v) is 9.15. The average Bonchev–Trinajstić information content (AvgIpc) is 2.75. The fraction of sp³-hybridized carbons (Fsp3) is 0.417. The molecule has 6 nitrogen and oxygen atoms in total. The average molecular weight is 314 g/mol. The van der Waals surface area contributed by atoms with Crippen LogP contribution in [0, 0.1) is 0 Å². The molecule has 3 N–H and O–H groups in total. The molecule has 2 heterocycles. The molecule has 0 atom stereocenters. The molecule has 0 saturated carbocycles. The van der Waals surface area contributed by atoms with E-state index in [-0.39, 0.29) is 10.8 Å². The lowest BCUT2D eigenvalue weighted by Gasteiger charge is -2.07. The molecule has 0 saturated heterocycles. The van der Waals surface area contributed by atoms with Crippen molar-refractivity contribution in [1.29, 1.82) is 0 Å². The summed E-state index contributed by atoms with van der Waals surface area (Å²) in [5.41, 5.74) is 6.26. The van der Waals surface area contributed by atoms with Gasteiger partial charge in [-0.05, 0) is 37.0 Å². The Bertz CT molecular complexity index is 682. The first-order valence-electron chi connectivity index (χ1n) is 6.27. The summed E-state index contributed by atoms with van der Waals surface area (Å²) in [5.74, 6) is 1.05. The van der Waals surface area contributed by atoms with Gasteiger partial charge in [-0.3, -0.25) is 4.40 Å². The first-order chi connectivity index (χ1) is 9.56. The van der Waals surface area contributed by atoms with Crippen LogP contribution in [-0.4, -0.2) is 36.4 Å². The van der Waals surface area contributed by atoms with E-state index in [1.165, 1.54) is 4.40 Å². The molecule has 20 heavy (non-hydrogen) atoms. The van der Waals surface area contributed by atoms with E-state index in [2.05, 4.69) is 9.71 Å². The van der Waals surface area contributed by atoms with Gasteiger partial charge in [0.25, 0.3) is 10.0 Å². The van der Waals surface area contributed by atoms with Gasteiger partial charge >= 0.3 is 0 Å². The van der Waals surface area contributed by atoms with Gasteiger partial charge in [-0.25, -0.2) is 18.1 Å². The second kappa shape index (κ2) is 6.47. The van der Waals surface area contributed by atoms with Crippen LogP contribution in [0.25, 0.3) is 5.65 Å². The molecule has 110 valence electrons. The molecule has 0 bridgehead atoms. The number of unbranched alkanes of at least 4 members (excludes halogenated alkanes) is 1. The topological polar surface area (TPSA) is 89.5 Å². The maximum atomic E-state index is 12.3. The highest BCUT2D eigenvalue weighted by Gasteiger charge is 2.23. The summed E-state index contributed by atoms with van der Waals surface area (Å²) in [6.07, 6.45) is 5.45. The highest BCUT2D eigenvalue weighted by Crippen LogP contribution is 2.19. The summed E-state index contributed by atoms with van der Waals surface area (Å²) < 4.78 is 28.7. The number of thioether (sulfide) groups is 1. The Morgan fingerprint density at radius 1 is 1.40 bits per heavy atom. The van der Waals surface area contributed by atoms with Crippen molar-refractivity contribution in [3.05, 3.63) is 24.4 Å². The smallest absolute Gasteiger partial charge is 0.260 e. The molecule has 2 aromatic rings. The number of hydrogen-bond donors (Lipinski definition) is 2. The summed E-state index contributed by atoms with van der Waals surface area (Å²) in [4.78, 5) is 4.06. The van der Waals surface area contributed by atoms with Crippen LogP contribution in [0.15, 0.2) is 29.4 Å². The van der Waals surface area contributed by atoms with Crippen LogP contribution in [0.5, 0.6) is 0 Å². The Hall–Kier alpha value is -1.25. The lowest BCUT2D eigenvalue weighted by Crippen LogP contribution is -2.26. The maximum absolute atomic E-state index is 12.3. The second-order valence-electron chi connectivity index (χ2n) is 4.33. The summed E-state index contributed by atoms with van der Waals surface area (Å²) >= 11 is 1.75. The van der Waals surface area contributed by atoms with E-state index >= 15 is 0 Å². The number of nitrogens with one attached hydrogen (secondary N) is 1. The summed E-state index contributed by atoms with van der Waals surface area (Å²) in [6, 6.07) is 5.24. The van der Waals surface area contributed by atoms with Crippen molar-refractivity contribution in [2.45, 2.75) is 17.9 Å². The molecule has 0 unspecified atom stereocenters. The largest absolute Gasteiger partial charge is 0.381 e. The van der Waals surface area contributed by atoms with Crippen LogP contribution in [0.2, 0.25) is 0 Å². The molecular formula is C12H18N4O2S2. The number of rotatable bonds is 7. The Labute approximate surface area is 122 Å². The highest BCUT2D eigenvalue weighted by atomic mass is 32.2. The minimum atomic E-state index is -3.64. The summed E-state index contributed by atoms with van der Waals surface area (Å²) in [7, 11) is -3.64. The second-order valence-corrected chi connectivity index (χ2v) is 7.00. The number of anilines is 1. The lowest BCUT2D eigenvalue weighted by atomic mass is 10.3. The van der Waals surface area contributed by atoms with Crippen molar-refractivity contribution in [3.8, 4) is 0 Å². The quantitative estimate of drug-likeness (QED) is 0.753. The molecular weight excluding hydrogens is 296 g/mol. The zero-order valence-corrected chi connectivity index (χ0v) is 12.9. The number of fused-ring (bicyclic) bond motifs is 1. The highest BCUT2D eigenvalue weighted by molar-refractivity contribution is 7.98. The number of nitrogens with zero attached hydrogens (tertiary/aromatic N) is 2. The van der Waals surface area contributed by atoms with Gasteiger partial charge in [0.2, 0.25) is 0 Å². The molecule has 0 aliphatic rings. The number of nitrogens with two attached hydrogens (primary N) is 1. The Kier molecular flexibility index (Phi) is 4.90. The number of pyridine rings is 1. The summed E-state index contributed by atoms with van der Waals surface area (Å²) in [5, 5.41) is 0.0120. The number of sulfonamides is 1. The molecule has 0 fully saturated rings. The zero-order valence-electron chi connectivity index (χ0n) is 11.2. The van der Waals surface area contributed by atoms with Gasteiger partial charge in [-0.15, -0.1) is 0 Å². The van der Waals surface area contributed by atoms with Crippen LogP contribution >= 0.6 is 11.8 Å². The van der Waals surface area contributed by atoms with Crippen molar-refractivity contribution in [1.82, 2.24) is 14.1 Å².